The average Bonchev–Trinajstić information content (AvgIpc) is 3.10. The Morgan fingerprint density at radius 1 is 1.15 bits per heavy atom. The second-order valence-electron chi connectivity index (χ2n) is 6.12. The third-order valence-electron chi connectivity index (χ3n) is 3.81. The summed E-state index contributed by atoms with van der Waals surface area (Å²) in [5.41, 5.74) is 3.70. The van der Waals surface area contributed by atoms with Crippen molar-refractivity contribution in [2.75, 3.05) is 11.1 Å². The van der Waals surface area contributed by atoms with Gasteiger partial charge in [0.2, 0.25) is 5.91 Å². The number of thiazole rings is 1. The molecule has 2 aromatic carbocycles. The van der Waals surface area contributed by atoms with Crippen LogP contribution in [0.25, 0.3) is 11.3 Å². The van der Waals surface area contributed by atoms with Gasteiger partial charge in [-0.3, -0.25) is 4.79 Å². The van der Waals surface area contributed by atoms with E-state index in [1.165, 1.54) is 40.8 Å². The smallest absolute Gasteiger partial charge is 0.234 e. The molecule has 3 aromatic rings. The van der Waals surface area contributed by atoms with E-state index in [1.807, 2.05) is 29.6 Å². The standard InChI is InChI=1S/C20H19FN2OS2/c1-13(2)14-5-9-17(10-6-14)22-19(24)12-26-20-23-18(11-25-20)15-3-7-16(21)8-4-15/h3-11,13H,12H2,1-2H3,(H,22,24). The highest BCUT2D eigenvalue weighted by molar-refractivity contribution is 8.01. The lowest BCUT2D eigenvalue weighted by molar-refractivity contribution is -0.113. The van der Waals surface area contributed by atoms with Crippen LogP contribution in [0.2, 0.25) is 0 Å². The lowest BCUT2D eigenvalue weighted by Crippen LogP contribution is -2.13. The fraction of sp³-hybridized carbons (Fsp3) is 0.200. The van der Waals surface area contributed by atoms with Gasteiger partial charge in [-0.1, -0.05) is 37.7 Å². The van der Waals surface area contributed by atoms with Crippen molar-refractivity contribution < 1.29 is 9.18 Å². The number of carbonyl (C=O) groups excluding carboxylic acids is 1. The Kier molecular flexibility index (Phi) is 6.06. The predicted molar refractivity (Wildman–Crippen MR) is 107 cm³/mol. The molecule has 26 heavy (non-hydrogen) atoms. The molecule has 0 unspecified atom stereocenters. The molecule has 134 valence electrons. The van der Waals surface area contributed by atoms with Crippen molar-refractivity contribution >= 4 is 34.7 Å². The summed E-state index contributed by atoms with van der Waals surface area (Å²) in [5.74, 6) is 0.431. The minimum absolute atomic E-state index is 0.0640. The number of nitrogens with zero attached hydrogens (tertiary/aromatic N) is 1. The van der Waals surface area contributed by atoms with Gasteiger partial charge in [0.25, 0.3) is 0 Å². The number of anilines is 1. The van der Waals surface area contributed by atoms with Crippen LogP contribution >= 0.6 is 23.1 Å². The van der Waals surface area contributed by atoms with E-state index in [1.54, 1.807) is 12.1 Å². The number of hydrogen-bond donors (Lipinski definition) is 1. The van der Waals surface area contributed by atoms with E-state index in [9.17, 15) is 9.18 Å². The molecule has 0 bridgehead atoms. The molecule has 3 rings (SSSR count). The van der Waals surface area contributed by atoms with Crippen molar-refractivity contribution in [1.82, 2.24) is 4.98 Å². The Hall–Kier alpha value is -2.18. The van der Waals surface area contributed by atoms with Gasteiger partial charge in [0.15, 0.2) is 4.34 Å². The number of nitrogens with one attached hydrogen (secondary N) is 1. The molecule has 0 saturated carbocycles. The van der Waals surface area contributed by atoms with E-state index >= 15 is 0 Å². The maximum Gasteiger partial charge on any atom is 0.234 e. The van der Waals surface area contributed by atoms with Crippen LogP contribution in [-0.4, -0.2) is 16.6 Å². The summed E-state index contributed by atoms with van der Waals surface area (Å²) in [4.78, 5) is 16.6. The molecular weight excluding hydrogens is 367 g/mol. The molecule has 0 fully saturated rings. The molecule has 0 saturated heterocycles. The molecule has 0 aliphatic carbocycles. The molecule has 0 aliphatic heterocycles. The van der Waals surface area contributed by atoms with Crippen LogP contribution in [0.5, 0.6) is 0 Å². The molecule has 1 N–H and O–H groups in total. The van der Waals surface area contributed by atoms with Crippen molar-refractivity contribution in [2.24, 2.45) is 0 Å². The quantitative estimate of drug-likeness (QED) is 0.544. The molecule has 0 aliphatic rings. The molecule has 1 amide bonds. The first kappa shape index (κ1) is 18.6. The van der Waals surface area contributed by atoms with Gasteiger partial charge in [-0.2, -0.15) is 0 Å². The molecular formula is C20H19FN2OS2. The van der Waals surface area contributed by atoms with Crippen molar-refractivity contribution in [2.45, 2.75) is 24.1 Å². The Labute approximate surface area is 160 Å². The first-order chi connectivity index (χ1) is 12.5. The highest BCUT2D eigenvalue weighted by Gasteiger charge is 2.09. The fourth-order valence-corrected chi connectivity index (χ4v) is 3.99. The largest absolute Gasteiger partial charge is 0.325 e. The minimum Gasteiger partial charge on any atom is -0.325 e. The van der Waals surface area contributed by atoms with E-state index in [0.717, 1.165) is 21.3 Å². The van der Waals surface area contributed by atoms with Gasteiger partial charge < -0.3 is 5.32 Å². The first-order valence-electron chi connectivity index (χ1n) is 8.25. The summed E-state index contributed by atoms with van der Waals surface area (Å²) >= 11 is 2.88. The number of hydrogen-bond acceptors (Lipinski definition) is 4. The average molecular weight is 387 g/mol. The maximum atomic E-state index is 13.0. The number of rotatable bonds is 6. The lowest BCUT2D eigenvalue weighted by atomic mass is 10.0. The Morgan fingerprint density at radius 3 is 2.50 bits per heavy atom. The van der Waals surface area contributed by atoms with Gasteiger partial charge in [-0.15, -0.1) is 11.3 Å². The van der Waals surface area contributed by atoms with Gasteiger partial charge in [-0.05, 0) is 47.9 Å². The zero-order chi connectivity index (χ0) is 18.5. The van der Waals surface area contributed by atoms with E-state index in [-0.39, 0.29) is 11.7 Å². The minimum atomic E-state index is -0.267. The van der Waals surface area contributed by atoms with Crippen molar-refractivity contribution in [3.05, 3.63) is 65.3 Å². The van der Waals surface area contributed by atoms with E-state index < -0.39 is 0 Å². The van der Waals surface area contributed by atoms with Crippen molar-refractivity contribution in [3.8, 4) is 11.3 Å². The predicted octanol–water partition coefficient (Wildman–Crippen LogP) is 5.80. The number of thioether (sulfide) groups is 1. The number of benzene rings is 2. The molecule has 0 radical (unpaired) electrons. The van der Waals surface area contributed by atoms with Crippen LogP contribution in [0.3, 0.4) is 0 Å². The number of aromatic nitrogens is 1. The Bertz CT molecular complexity index is 874. The molecule has 0 spiro atoms. The highest BCUT2D eigenvalue weighted by atomic mass is 32.2. The third kappa shape index (κ3) is 4.93. The van der Waals surface area contributed by atoms with E-state index in [0.29, 0.717) is 11.7 Å². The fourth-order valence-electron chi connectivity index (χ4n) is 2.35. The lowest BCUT2D eigenvalue weighted by Gasteiger charge is -2.08. The Balaban J connectivity index is 1.54. The Morgan fingerprint density at radius 2 is 1.85 bits per heavy atom. The maximum absolute atomic E-state index is 13.0. The van der Waals surface area contributed by atoms with Gasteiger partial charge in [0.1, 0.15) is 5.82 Å². The number of amides is 1. The summed E-state index contributed by atoms with van der Waals surface area (Å²) < 4.78 is 13.8. The molecule has 1 aromatic heterocycles. The van der Waals surface area contributed by atoms with Crippen LogP contribution in [0.4, 0.5) is 10.1 Å². The summed E-state index contributed by atoms with van der Waals surface area (Å²) in [6, 6.07) is 14.1. The van der Waals surface area contributed by atoms with Gasteiger partial charge >= 0.3 is 0 Å². The normalized spacial score (nSPS) is 10.9. The highest BCUT2D eigenvalue weighted by Crippen LogP contribution is 2.28. The third-order valence-corrected chi connectivity index (χ3v) is 5.83. The van der Waals surface area contributed by atoms with Crippen LogP contribution in [0, 0.1) is 5.82 Å². The summed E-state index contributed by atoms with van der Waals surface area (Å²) in [5, 5.41) is 4.81. The van der Waals surface area contributed by atoms with Crippen LogP contribution < -0.4 is 5.32 Å². The second kappa shape index (κ2) is 8.47. The van der Waals surface area contributed by atoms with Crippen molar-refractivity contribution in [1.29, 1.82) is 0 Å². The number of halogens is 1. The van der Waals surface area contributed by atoms with Gasteiger partial charge in [0.05, 0.1) is 11.4 Å². The van der Waals surface area contributed by atoms with E-state index in [2.05, 4.69) is 24.1 Å². The van der Waals surface area contributed by atoms with Crippen LogP contribution in [-0.2, 0) is 4.79 Å². The molecule has 6 heteroatoms. The SMILES string of the molecule is CC(C)c1ccc(NC(=O)CSc2nc(-c3ccc(F)cc3)cs2)cc1. The molecule has 1 heterocycles. The topological polar surface area (TPSA) is 42.0 Å². The van der Waals surface area contributed by atoms with Gasteiger partial charge in [0, 0.05) is 16.6 Å². The van der Waals surface area contributed by atoms with Crippen LogP contribution in [0.15, 0.2) is 58.3 Å². The zero-order valence-electron chi connectivity index (χ0n) is 14.5. The monoisotopic (exact) mass is 386 g/mol. The van der Waals surface area contributed by atoms with Crippen LogP contribution in [0.1, 0.15) is 25.3 Å². The zero-order valence-corrected chi connectivity index (χ0v) is 16.2. The van der Waals surface area contributed by atoms with E-state index in [4.69, 9.17) is 0 Å². The summed E-state index contributed by atoms with van der Waals surface area (Å²) in [6.45, 7) is 4.27. The summed E-state index contributed by atoms with van der Waals surface area (Å²) in [7, 11) is 0. The first-order valence-corrected chi connectivity index (χ1v) is 10.1. The summed E-state index contributed by atoms with van der Waals surface area (Å²) in [6.07, 6.45) is 0. The van der Waals surface area contributed by atoms with Crippen molar-refractivity contribution in [3.63, 3.8) is 0 Å². The second-order valence-corrected chi connectivity index (χ2v) is 8.20. The molecule has 0 atom stereocenters. The molecule has 3 nitrogen and oxygen atoms in total. The number of carbonyl (C=O) groups is 1. The van der Waals surface area contributed by atoms with Gasteiger partial charge in [-0.25, -0.2) is 9.37 Å².